The summed E-state index contributed by atoms with van der Waals surface area (Å²) in [7, 11) is 0. The van der Waals surface area contributed by atoms with Gasteiger partial charge in [0.15, 0.2) is 0 Å². The fourth-order valence-electron chi connectivity index (χ4n) is 4.53. The van der Waals surface area contributed by atoms with E-state index in [4.69, 9.17) is 4.74 Å². The molecule has 1 N–H and O–H groups in total. The number of benzene rings is 2. The first-order chi connectivity index (χ1) is 13.7. The third-order valence-corrected chi connectivity index (χ3v) is 5.96. The van der Waals surface area contributed by atoms with Gasteiger partial charge in [-0.2, -0.15) is 0 Å². The van der Waals surface area contributed by atoms with Crippen LogP contribution in [0.2, 0.25) is 0 Å². The molecule has 3 rings (SSSR count). The molecular weight excluding hydrogens is 346 g/mol. The van der Waals surface area contributed by atoms with E-state index in [1.807, 2.05) is 31.2 Å². The Morgan fingerprint density at radius 3 is 2.25 bits per heavy atom. The number of likely N-dealkylation sites (tertiary alicyclic amines) is 1. The molecule has 0 saturated carbocycles. The lowest BCUT2D eigenvalue weighted by Crippen LogP contribution is -2.42. The molecule has 0 aromatic heterocycles. The maximum atomic E-state index is 12.1. The van der Waals surface area contributed by atoms with E-state index in [-0.39, 0.29) is 5.92 Å². The Bertz CT molecular complexity index is 694. The number of hydrogen-bond donors (Lipinski definition) is 1. The Labute approximate surface area is 170 Å². The van der Waals surface area contributed by atoms with Crippen molar-refractivity contribution in [3.8, 4) is 5.75 Å². The van der Waals surface area contributed by atoms with Crippen molar-refractivity contribution in [3.05, 3.63) is 65.7 Å². The topological polar surface area (TPSA) is 32.7 Å². The predicted molar refractivity (Wildman–Crippen MR) is 116 cm³/mol. The Hall–Kier alpha value is -1.84. The SMILES string of the molecule is CCC[C@@](O)(c1ccc(OCC)cc1)[C@H](CN1CCCCC1)c1ccccc1. The second-order valence-electron chi connectivity index (χ2n) is 7.96. The van der Waals surface area contributed by atoms with Crippen LogP contribution in [0.5, 0.6) is 5.75 Å². The summed E-state index contributed by atoms with van der Waals surface area (Å²) in [6.07, 6.45) is 5.53. The summed E-state index contributed by atoms with van der Waals surface area (Å²) in [6.45, 7) is 7.96. The molecule has 1 aliphatic heterocycles. The van der Waals surface area contributed by atoms with Crippen molar-refractivity contribution in [1.82, 2.24) is 4.90 Å². The van der Waals surface area contributed by atoms with Crippen molar-refractivity contribution < 1.29 is 9.84 Å². The maximum absolute atomic E-state index is 12.1. The minimum absolute atomic E-state index is 0.0460. The molecule has 0 aliphatic carbocycles. The normalized spacial score (nSPS) is 18.4. The van der Waals surface area contributed by atoms with Crippen LogP contribution in [0.3, 0.4) is 0 Å². The van der Waals surface area contributed by atoms with E-state index < -0.39 is 5.60 Å². The molecule has 3 heteroatoms. The van der Waals surface area contributed by atoms with Crippen molar-refractivity contribution in [1.29, 1.82) is 0 Å². The van der Waals surface area contributed by atoms with Crippen molar-refractivity contribution in [2.45, 2.75) is 57.5 Å². The number of ether oxygens (including phenoxy) is 1. The third-order valence-electron chi connectivity index (χ3n) is 5.96. The largest absolute Gasteiger partial charge is 0.494 e. The lowest BCUT2D eigenvalue weighted by molar-refractivity contribution is -0.0152. The molecule has 2 atom stereocenters. The molecular formula is C25H35NO2. The van der Waals surface area contributed by atoms with Crippen LogP contribution in [0.1, 0.15) is 63.0 Å². The van der Waals surface area contributed by atoms with Crippen molar-refractivity contribution in [2.75, 3.05) is 26.2 Å². The van der Waals surface area contributed by atoms with Gasteiger partial charge in [-0.1, -0.05) is 62.2 Å². The average molecular weight is 382 g/mol. The Morgan fingerprint density at radius 1 is 0.964 bits per heavy atom. The minimum Gasteiger partial charge on any atom is -0.494 e. The highest BCUT2D eigenvalue weighted by Crippen LogP contribution is 2.42. The van der Waals surface area contributed by atoms with Gasteiger partial charge in [-0.05, 0) is 62.5 Å². The van der Waals surface area contributed by atoms with Crippen LogP contribution >= 0.6 is 0 Å². The molecule has 0 bridgehead atoms. The van der Waals surface area contributed by atoms with Gasteiger partial charge >= 0.3 is 0 Å². The van der Waals surface area contributed by atoms with Crippen LogP contribution < -0.4 is 4.74 Å². The molecule has 0 spiro atoms. The van der Waals surface area contributed by atoms with Crippen LogP contribution in [0.25, 0.3) is 0 Å². The minimum atomic E-state index is -0.891. The first-order valence-electron chi connectivity index (χ1n) is 10.9. The fraction of sp³-hybridized carbons (Fsp3) is 0.520. The highest BCUT2D eigenvalue weighted by atomic mass is 16.5. The maximum Gasteiger partial charge on any atom is 0.119 e. The van der Waals surface area contributed by atoms with E-state index in [2.05, 4.69) is 42.2 Å². The number of nitrogens with zero attached hydrogens (tertiary/aromatic N) is 1. The van der Waals surface area contributed by atoms with Crippen LogP contribution in [-0.2, 0) is 5.60 Å². The molecule has 0 radical (unpaired) electrons. The number of rotatable bonds is 9. The standard InChI is InChI=1S/C25H35NO2/c1-3-17-25(27,22-13-15-23(16-14-22)28-4-2)24(21-11-7-5-8-12-21)20-26-18-9-6-10-19-26/h5,7-8,11-16,24,27H,3-4,6,9-10,17-20H2,1-2H3/t24-,25-/m1/s1. The van der Waals surface area contributed by atoms with Gasteiger partial charge in [0, 0.05) is 12.5 Å². The summed E-state index contributed by atoms with van der Waals surface area (Å²) in [5.41, 5.74) is 1.32. The highest BCUT2D eigenvalue weighted by Gasteiger charge is 2.39. The summed E-state index contributed by atoms with van der Waals surface area (Å²) in [6, 6.07) is 18.6. The Morgan fingerprint density at radius 2 is 1.64 bits per heavy atom. The quantitative estimate of drug-likeness (QED) is 0.636. The number of aliphatic hydroxyl groups is 1. The van der Waals surface area contributed by atoms with Gasteiger partial charge in [-0.15, -0.1) is 0 Å². The van der Waals surface area contributed by atoms with Crippen LogP contribution in [0, 0.1) is 0 Å². The number of hydrogen-bond acceptors (Lipinski definition) is 3. The molecule has 28 heavy (non-hydrogen) atoms. The molecule has 2 aromatic carbocycles. The second kappa shape index (κ2) is 10.1. The molecule has 2 aromatic rings. The molecule has 152 valence electrons. The molecule has 0 unspecified atom stereocenters. The predicted octanol–water partition coefficient (Wildman–Crippen LogP) is 5.34. The lowest BCUT2D eigenvalue weighted by Gasteiger charge is -2.41. The average Bonchev–Trinajstić information content (AvgIpc) is 2.74. The van der Waals surface area contributed by atoms with Crippen LogP contribution in [0.15, 0.2) is 54.6 Å². The van der Waals surface area contributed by atoms with E-state index in [0.29, 0.717) is 6.61 Å². The first kappa shape index (κ1) is 20.9. The number of piperidine rings is 1. The zero-order valence-corrected chi connectivity index (χ0v) is 17.4. The van der Waals surface area contributed by atoms with Gasteiger partial charge in [-0.25, -0.2) is 0 Å². The van der Waals surface area contributed by atoms with E-state index in [1.54, 1.807) is 0 Å². The van der Waals surface area contributed by atoms with Gasteiger partial charge < -0.3 is 14.7 Å². The van der Waals surface area contributed by atoms with Gasteiger partial charge in [0.05, 0.1) is 12.2 Å². The molecule has 1 saturated heterocycles. The van der Waals surface area contributed by atoms with Crippen LogP contribution in [-0.4, -0.2) is 36.2 Å². The van der Waals surface area contributed by atoms with Crippen LogP contribution in [0.4, 0.5) is 0 Å². The first-order valence-corrected chi connectivity index (χ1v) is 10.9. The second-order valence-corrected chi connectivity index (χ2v) is 7.96. The van der Waals surface area contributed by atoms with Gasteiger partial charge in [0.1, 0.15) is 5.75 Å². The summed E-state index contributed by atoms with van der Waals surface area (Å²) >= 11 is 0. The lowest BCUT2D eigenvalue weighted by atomic mass is 9.74. The summed E-state index contributed by atoms with van der Waals surface area (Å²) in [5.74, 6) is 0.905. The van der Waals surface area contributed by atoms with Crippen molar-refractivity contribution in [2.24, 2.45) is 0 Å². The monoisotopic (exact) mass is 381 g/mol. The summed E-state index contributed by atoms with van der Waals surface area (Å²) in [5, 5.41) is 12.1. The summed E-state index contributed by atoms with van der Waals surface area (Å²) < 4.78 is 5.61. The summed E-state index contributed by atoms with van der Waals surface area (Å²) in [4.78, 5) is 2.54. The van der Waals surface area contributed by atoms with Crippen molar-refractivity contribution >= 4 is 0 Å². The molecule has 3 nitrogen and oxygen atoms in total. The zero-order valence-electron chi connectivity index (χ0n) is 17.4. The van der Waals surface area contributed by atoms with Gasteiger partial charge in [0.25, 0.3) is 0 Å². The van der Waals surface area contributed by atoms with E-state index in [1.165, 1.54) is 24.8 Å². The van der Waals surface area contributed by atoms with Crippen molar-refractivity contribution in [3.63, 3.8) is 0 Å². The highest BCUT2D eigenvalue weighted by molar-refractivity contribution is 5.35. The molecule has 1 fully saturated rings. The van der Waals surface area contributed by atoms with E-state index >= 15 is 0 Å². The molecule has 1 heterocycles. The third kappa shape index (κ3) is 4.95. The Kier molecular flexibility index (Phi) is 7.52. The van der Waals surface area contributed by atoms with E-state index in [9.17, 15) is 5.11 Å². The fourth-order valence-corrected chi connectivity index (χ4v) is 4.53. The van der Waals surface area contributed by atoms with Gasteiger partial charge in [-0.3, -0.25) is 0 Å². The smallest absolute Gasteiger partial charge is 0.119 e. The molecule has 1 aliphatic rings. The van der Waals surface area contributed by atoms with Gasteiger partial charge in [0.2, 0.25) is 0 Å². The zero-order chi connectivity index (χ0) is 19.8. The Balaban J connectivity index is 1.96. The molecule has 0 amide bonds. The van der Waals surface area contributed by atoms with E-state index in [0.717, 1.165) is 43.8 Å².